The molecule has 2 unspecified atom stereocenters. The van der Waals surface area contributed by atoms with Gasteiger partial charge in [-0.05, 0) is 43.3 Å². The van der Waals surface area contributed by atoms with Crippen LogP contribution < -0.4 is 5.32 Å². The molecule has 3 rings (SSSR count). The van der Waals surface area contributed by atoms with Gasteiger partial charge in [0.05, 0.1) is 11.5 Å². The van der Waals surface area contributed by atoms with Crippen LogP contribution in [-0.2, 0) is 31.6 Å². The van der Waals surface area contributed by atoms with E-state index >= 15 is 0 Å². The number of likely N-dealkylation sites (tertiary alicyclic amines) is 1. The third kappa shape index (κ3) is 9.85. The van der Waals surface area contributed by atoms with Crippen LogP contribution >= 0.6 is 0 Å². The molecule has 0 radical (unpaired) electrons. The molecule has 2 aliphatic rings. The lowest BCUT2D eigenvalue weighted by Crippen LogP contribution is -2.30. The molecular formula is C18H28N2O8S2. The van der Waals surface area contributed by atoms with Crippen LogP contribution in [0.5, 0.6) is 0 Å². The zero-order valence-electron chi connectivity index (χ0n) is 16.5. The minimum absolute atomic E-state index is 0.0972. The van der Waals surface area contributed by atoms with Gasteiger partial charge < -0.3 is 15.0 Å². The fourth-order valence-corrected chi connectivity index (χ4v) is 5.15. The van der Waals surface area contributed by atoms with E-state index in [4.69, 9.17) is 13.8 Å². The number of nitrogens with zero attached hydrogens (tertiary/aromatic N) is 1. The number of carbonyl (C=O) groups excluding carboxylic acids is 1. The molecule has 2 heterocycles. The van der Waals surface area contributed by atoms with Crippen LogP contribution in [0, 0.1) is 11.8 Å². The summed E-state index contributed by atoms with van der Waals surface area (Å²) in [4.78, 5) is 13.3. The number of rotatable bonds is 6. The van der Waals surface area contributed by atoms with Gasteiger partial charge in [-0.3, -0.25) is 9.11 Å². The summed E-state index contributed by atoms with van der Waals surface area (Å²) in [6.07, 6.45) is 0.951. The van der Waals surface area contributed by atoms with E-state index in [0.29, 0.717) is 26.1 Å². The predicted molar refractivity (Wildman–Crippen MR) is 110 cm³/mol. The summed E-state index contributed by atoms with van der Waals surface area (Å²) < 4.78 is 64.6. The summed E-state index contributed by atoms with van der Waals surface area (Å²) in [7, 11) is -7.74. The van der Waals surface area contributed by atoms with Gasteiger partial charge in [0.2, 0.25) is 0 Å². The highest BCUT2D eigenvalue weighted by Gasteiger charge is 2.30. The van der Waals surface area contributed by atoms with Gasteiger partial charge in [-0.1, -0.05) is 30.3 Å². The van der Waals surface area contributed by atoms with Gasteiger partial charge >= 0.3 is 6.09 Å². The number of hydrogen-bond donors (Lipinski definition) is 3. The molecule has 2 aliphatic heterocycles. The summed E-state index contributed by atoms with van der Waals surface area (Å²) in [5, 5.41) is 3.02. The Balaban J connectivity index is 0.000000269. The number of ether oxygens (including phenoxy) is 1. The van der Waals surface area contributed by atoms with Crippen molar-refractivity contribution < 1.29 is 35.5 Å². The number of nitrogens with one attached hydrogen (secondary N) is 1. The maximum Gasteiger partial charge on any atom is 0.410 e. The third-order valence-corrected chi connectivity index (χ3v) is 6.59. The topological polar surface area (TPSA) is 150 Å². The first-order valence-electron chi connectivity index (χ1n) is 9.58. The molecule has 1 amide bonds. The predicted octanol–water partition coefficient (Wildman–Crippen LogP) is 1.02. The molecule has 30 heavy (non-hydrogen) atoms. The van der Waals surface area contributed by atoms with Crippen molar-refractivity contribution in [2.45, 2.75) is 19.4 Å². The summed E-state index contributed by atoms with van der Waals surface area (Å²) >= 11 is 0. The molecule has 170 valence electrons. The van der Waals surface area contributed by atoms with Crippen LogP contribution in [0.1, 0.15) is 18.4 Å². The molecule has 2 atom stereocenters. The molecule has 12 heteroatoms. The van der Waals surface area contributed by atoms with Crippen molar-refractivity contribution in [3.63, 3.8) is 0 Å². The molecule has 0 spiro atoms. The first kappa shape index (κ1) is 24.5. The highest BCUT2D eigenvalue weighted by molar-refractivity contribution is 7.86. The Bertz CT molecular complexity index is 884. The van der Waals surface area contributed by atoms with E-state index in [2.05, 4.69) is 5.32 Å². The molecule has 2 saturated heterocycles. The second kappa shape index (κ2) is 11.0. The van der Waals surface area contributed by atoms with Crippen molar-refractivity contribution in [1.29, 1.82) is 0 Å². The minimum Gasteiger partial charge on any atom is -0.445 e. The van der Waals surface area contributed by atoms with E-state index in [1.165, 1.54) is 4.90 Å². The van der Waals surface area contributed by atoms with E-state index in [-0.39, 0.29) is 29.9 Å². The standard InChI is InChI=1S/C13H17NO5S.C5H11NO3S/c15-13(19-9-11-4-2-1-3-5-11)14-7-6-12(8-14)10-20(16,17)18;7-10(8,9)4-5-1-2-6-3-5/h1-5,12H,6-10H2,(H,16,17,18);5-6H,1-4H2,(H,7,8,9). The van der Waals surface area contributed by atoms with Crippen LogP contribution in [0.15, 0.2) is 30.3 Å². The Morgan fingerprint density at radius 1 is 1.03 bits per heavy atom. The van der Waals surface area contributed by atoms with Gasteiger partial charge in [-0.2, -0.15) is 16.8 Å². The molecule has 10 nitrogen and oxygen atoms in total. The molecule has 0 aliphatic carbocycles. The minimum atomic E-state index is -3.99. The fraction of sp³-hybridized carbons (Fsp3) is 0.611. The highest BCUT2D eigenvalue weighted by atomic mass is 32.2. The molecule has 1 aromatic carbocycles. The van der Waals surface area contributed by atoms with Crippen molar-refractivity contribution in [2.24, 2.45) is 11.8 Å². The second-order valence-corrected chi connectivity index (χ2v) is 10.5. The maximum absolute atomic E-state index is 11.8. The average Bonchev–Trinajstić information content (AvgIpc) is 3.30. The first-order valence-corrected chi connectivity index (χ1v) is 12.8. The number of benzene rings is 1. The van der Waals surface area contributed by atoms with Crippen molar-refractivity contribution in [2.75, 3.05) is 37.7 Å². The third-order valence-electron chi connectivity index (χ3n) is 4.80. The van der Waals surface area contributed by atoms with Crippen molar-refractivity contribution in [3.8, 4) is 0 Å². The van der Waals surface area contributed by atoms with Gasteiger partial charge in [-0.25, -0.2) is 4.79 Å². The van der Waals surface area contributed by atoms with Crippen molar-refractivity contribution in [1.82, 2.24) is 10.2 Å². The molecular weight excluding hydrogens is 436 g/mol. The maximum atomic E-state index is 11.8. The van der Waals surface area contributed by atoms with Crippen LogP contribution in [0.25, 0.3) is 0 Å². The van der Waals surface area contributed by atoms with Crippen LogP contribution in [0.2, 0.25) is 0 Å². The number of carbonyl (C=O) groups is 1. The molecule has 0 saturated carbocycles. The Kier molecular flexibility index (Phi) is 9.04. The summed E-state index contributed by atoms with van der Waals surface area (Å²) in [6.45, 7) is 2.51. The molecule has 0 aromatic heterocycles. The van der Waals surface area contributed by atoms with Crippen LogP contribution in [-0.4, -0.2) is 74.6 Å². The molecule has 1 aromatic rings. The van der Waals surface area contributed by atoms with Gasteiger partial charge in [-0.15, -0.1) is 0 Å². The average molecular weight is 465 g/mol. The first-order chi connectivity index (χ1) is 14.0. The van der Waals surface area contributed by atoms with Crippen molar-refractivity contribution in [3.05, 3.63) is 35.9 Å². The van der Waals surface area contributed by atoms with E-state index in [9.17, 15) is 21.6 Å². The van der Waals surface area contributed by atoms with E-state index < -0.39 is 26.3 Å². The molecule has 3 N–H and O–H groups in total. The largest absolute Gasteiger partial charge is 0.445 e. The Morgan fingerprint density at radius 2 is 1.67 bits per heavy atom. The monoisotopic (exact) mass is 464 g/mol. The summed E-state index contributed by atoms with van der Waals surface area (Å²) in [5.41, 5.74) is 0.898. The molecule has 2 fully saturated rings. The summed E-state index contributed by atoms with van der Waals surface area (Å²) in [5.74, 6) is -0.528. The van der Waals surface area contributed by atoms with E-state index in [1.54, 1.807) is 0 Å². The van der Waals surface area contributed by atoms with E-state index in [1.807, 2.05) is 30.3 Å². The lowest BCUT2D eigenvalue weighted by molar-refractivity contribution is 0.103. The van der Waals surface area contributed by atoms with Gasteiger partial charge in [0, 0.05) is 13.1 Å². The number of hydrogen-bond acceptors (Lipinski definition) is 7. The zero-order valence-corrected chi connectivity index (χ0v) is 18.1. The highest BCUT2D eigenvalue weighted by Crippen LogP contribution is 2.19. The SMILES string of the molecule is O=C(OCc1ccccc1)N1CCC(CS(=O)(=O)O)C1.O=S(=O)(O)CC1CCNC1. The fourth-order valence-electron chi connectivity index (χ4n) is 3.40. The molecule has 0 bridgehead atoms. The normalized spacial score (nSPS) is 21.7. The smallest absolute Gasteiger partial charge is 0.410 e. The van der Waals surface area contributed by atoms with Crippen LogP contribution in [0.4, 0.5) is 4.79 Å². The quantitative estimate of drug-likeness (QED) is 0.524. The van der Waals surface area contributed by atoms with Crippen molar-refractivity contribution >= 4 is 26.3 Å². The lowest BCUT2D eigenvalue weighted by atomic mass is 10.2. The van der Waals surface area contributed by atoms with Crippen LogP contribution in [0.3, 0.4) is 0 Å². The van der Waals surface area contributed by atoms with Gasteiger partial charge in [0.15, 0.2) is 0 Å². The zero-order chi connectivity index (χ0) is 22.2. The second-order valence-electron chi connectivity index (χ2n) is 7.50. The van der Waals surface area contributed by atoms with Gasteiger partial charge in [0.25, 0.3) is 20.2 Å². The summed E-state index contributed by atoms with van der Waals surface area (Å²) in [6, 6.07) is 9.32. The Labute approximate surface area is 177 Å². The lowest BCUT2D eigenvalue weighted by Gasteiger charge is -2.16. The Morgan fingerprint density at radius 3 is 2.23 bits per heavy atom. The van der Waals surface area contributed by atoms with Gasteiger partial charge in [0.1, 0.15) is 6.61 Å². The van der Waals surface area contributed by atoms with E-state index in [0.717, 1.165) is 18.5 Å². The Hall–Kier alpha value is -1.73. The number of amides is 1.